The van der Waals surface area contributed by atoms with Crippen LogP contribution in [0.4, 0.5) is 4.39 Å². The first-order chi connectivity index (χ1) is 8.40. The van der Waals surface area contributed by atoms with Crippen LogP contribution in [0, 0.1) is 11.7 Å². The van der Waals surface area contributed by atoms with Crippen molar-refractivity contribution in [3.05, 3.63) is 29.6 Å². The lowest BCUT2D eigenvalue weighted by Crippen LogP contribution is -2.30. The number of benzene rings is 1. The molecule has 0 aliphatic heterocycles. The molecule has 4 heteroatoms. The van der Waals surface area contributed by atoms with Gasteiger partial charge in [0.15, 0.2) is 0 Å². The van der Waals surface area contributed by atoms with E-state index in [0.29, 0.717) is 18.0 Å². The standard InChI is InChI=1S/C14H22FNO2/c1-9(2)6-12(18)8-16-10(3)13-5-4-11(17)7-14(13)15/h4-5,7,9-10,12,16-18H,6,8H2,1-3H3. The van der Waals surface area contributed by atoms with Crippen LogP contribution in [-0.2, 0) is 0 Å². The second kappa shape index (κ2) is 6.71. The summed E-state index contributed by atoms with van der Waals surface area (Å²) in [6.45, 7) is 6.36. The van der Waals surface area contributed by atoms with E-state index in [0.717, 1.165) is 12.5 Å². The molecular weight excluding hydrogens is 233 g/mol. The van der Waals surface area contributed by atoms with Crippen LogP contribution in [0.5, 0.6) is 5.75 Å². The molecule has 1 aromatic carbocycles. The quantitative estimate of drug-likeness (QED) is 0.732. The third kappa shape index (κ3) is 4.63. The maximum absolute atomic E-state index is 13.6. The number of halogens is 1. The molecule has 0 aromatic heterocycles. The SMILES string of the molecule is CC(C)CC(O)CNC(C)c1ccc(O)cc1F. The molecule has 1 rings (SSSR count). The Morgan fingerprint density at radius 3 is 2.50 bits per heavy atom. The highest BCUT2D eigenvalue weighted by molar-refractivity contribution is 5.29. The lowest BCUT2D eigenvalue weighted by Gasteiger charge is -2.19. The molecule has 0 radical (unpaired) electrons. The molecule has 2 unspecified atom stereocenters. The Morgan fingerprint density at radius 1 is 1.28 bits per heavy atom. The van der Waals surface area contributed by atoms with E-state index in [1.54, 1.807) is 6.07 Å². The molecule has 3 nitrogen and oxygen atoms in total. The predicted octanol–water partition coefficient (Wildman–Crippen LogP) is 2.59. The van der Waals surface area contributed by atoms with Gasteiger partial charge in [-0.3, -0.25) is 0 Å². The second-order valence-corrected chi connectivity index (χ2v) is 5.12. The van der Waals surface area contributed by atoms with Crippen LogP contribution >= 0.6 is 0 Å². The van der Waals surface area contributed by atoms with Gasteiger partial charge >= 0.3 is 0 Å². The largest absolute Gasteiger partial charge is 0.508 e. The molecule has 0 spiro atoms. The van der Waals surface area contributed by atoms with E-state index in [1.165, 1.54) is 6.07 Å². The zero-order chi connectivity index (χ0) is 13.7. The Labute approximate surface area is 108 Å². The fourth-order valence-electron chi connectivity index (χ4n) is 1.92. The van der Waals surface area contributed by atoms with Crippen molar-refractivity contribution >= 4 is 0 Å². The molecule has 3 N–H and O–H groups in total. The van der Waals surface area contributed by atoms with Gasteiger partial charge < -0.3 is 15.5 Å². The van der Waals surface area contributed by atoms with Gasteiger partial charge in [-0.1, -0.05) is 19.9 Å². The van der Waals surface area contributed by atoms with Crippen LogP contribution in [-0.4, -0.2) is 22.9 Å². The molecule has 0 saturated heterocycles. The van der Waals surface area contributed by atoms with E-state index >= 15 is 0 Å². The molecule has 18 heavy (non-hydrogen) atoms. The zero-order valence-electron chi connectivity index (χ0n) is 11.2. The van der Waals surface area contributed by atoms with E-state index < -0.39 is 11.9 Å². The molecule has 0 saturated carbocycles. The molecule has 2 atom stereocenters. The summed E-state index contributed by atoms with van der Waals surface area (Å²) in [6, 6.07) is 3.91. The second-order valence-electron chi connectivity index (χ2n) is 5.12. The Balaban J connectivity index is 2.52. The lowest BCUT2D eigenvalue weighted by atomic mass is 10.0. The van der Waals surface area contributed by atoms with Crippen LogP contribution in [0.25, 0.3) is 0 Å². The summed E-state index contributed by atoms with van der Waals surface area (Å²) >= 11 is 0. The highest BCUT2D eigenvalue weighted by atomic mass is 19.1. The normalized spacial score (nSPS) is 14.8. The van der Waals surface area contributed by atoms with Crippen LogP contribution < -0.4 is 5.32 Å². The number of aromatic hydroxyl groups is 1. The van der Waals surface area contributed by atoms with Crippen molar-refractivity contribution in [2.45, 2.75) is 39.3 Å². The van der Waals surface area contributed by atoms with Gasteiger partial charge in [-0.25, -0.2) is 4.39 Å². The summed E-state index contributed by atoms with van der Waals surface area (Å²) in [6.07, 6.45) is 0.297. The van der Waals surface area contributed by atoms with Crippen LogP contribution in [0.2, 0.25) is 0 Å². The van der Waals surface area contributed by atoms with Crippen molar-refractivity contribution < 1.29 is 14.6 Å². The van der Waals surface area contributed by atoms with Gasteiger partial charge in [0.25, 0.3) is 0 Å². The van der Waals surface area contributed by atoms with Crippen molar-refractivity contribution in [2.24, 2.45) is 5.92 Å². The van der Waals surface area contributed by atoms with Gasteiger partial charge in [0, 0.05) is 24.2 Å². The van der Waals surface area contributed by atoms with Crippen LogP contribution in [0.15, 0.2) is 18.2 Å². The van der Waals surface area contributed by atoms with E-state index in [-0.39, 0.29) is 11.8 Å². The van der Waals surface area contributed by atoms with Crippen molar-refractivity contribution in [1.82, 2.24) is 5.32 Å². The third-order valence-electron chi connectivity index (χ3n) is 2.85. The van der Waals surface area contributed by atoms with Crippen molar-refractivity contribution in [2.75, 3.05) is 6.54 Å². The van der Waals surface area contributed by atoms with Gasteiger partial charge in [-0.15, -0.1) is 0 Å². The Morgan fingerprint density at radius 2 is 1.94 bits per heavy atom. The summed E-state index contributed by atoms with van der Waals surface area (Å²) in [5.74, 6) is -0.0841. The highest BCUT2D eigenvalue weighted by Crippen LogP contribution is 2.21. The number of aliphatic hydroxyl groups is 1. The number of phenols is 1. The molecular formula is C14H22FNO2. The topological polar surface area (TPSA) is 52.5 Å². The Hall–Kier alpha value is -1.13. The molecule has 1 aromatic rings. The van der Waals surface area contributed by atoms with E-state index in [1.807, 2.05) is 20.8 Å². The van der Waals surface area contributed by atoms with Gasteiger partial charge in [-0.2, -0.15) is 0 Å². The Bertz CT molecular complexity index is 382. The first kappa shape index (κ1) is 14.9. The van der Waals surface area contributed by atoms with E-state index in [4.69, 9.17) is 5.11 Å². The smallest absolute Gasteiger partial charge is 0.131 e. The molecule has 0 aliphatic carbocycles. The summed E-state index contributed by atoms with van der Waals surface area (Å²) in [4.78, 5) is 0. The number of hydrogen-bond acceptors (Lipinski definition) is 3. The monoisotopic (exact) mass is 255 g/mol. The number of rotatable bonds is 6. The summed E-state index contributed by atoms with van der Waals surface area (Å²) in [5, 5.41) is 22.0. The summed E-state index contributed by atoms with van der Waals surface area (Å²) in [7, 11) is 0. The first-order valence-corrected chi connectivity index (χ1v) is 6.30. The average molecular weight is 255 g/mol. The number of aliphatic hydroxyl groups excluding tert-OH is 1. The van der Waals surface area contributed by atoms with Crippen molar-refractivity contribution in [3.8, 4) is 5.75 Å². The van der Waals surface area contributed by atoms with Gasteiger partial charge in [0.2, 0.25) is 0 Å². The maximum Gasteiger partial charge on any atom is 0.131 e. The summed E-state index contributed by atoms with van der Waals surface area (Å²) < 4.78 is 13.6. The molecule has 102 valence electrons. The number of nitrogens with one attached hydrogen (secondary N) is 1. The predicted molar refractivity (Wildman–Crippen MR) is 69.9 cm³/mol. The van der Waals surface area contributed by atoms with Gasteiger partial charge in [0.1, 0.15) is 11.6 Å². The first-order valence-electron chi connectivity index (χ1n) is 6.30. The Kier molecular flexibility index (Phi) is 5.56. The number of phenolic OH excluding ortho intramolecular Hbond substituents is 1. The molecule has 0 amide bonds. The minimum absolute atomic E-state index is 0.0803. The van der Waals surface area contributed by atoms with Crippen LogP contribution in [0.3, 0.4) is 0 Å². The van der Waals surface area contributed by atoms with Gasteiger partial charge in [-0.05, 0) is 25.3 Å². The maximum atomic E-state index is 13.6. The molecule has 0 heterocycles. The van der Waals surface area contributed by atoms with Crippen molar-refractivity contribution in [1.29, 1.82) is 0 Å². The third-order valence-corrected chi connectivity index (χ3v) is 2.85. The van der Waals surface area contributed by atoms with Crippen LogP contribution in [0.1, 0.15) is 38.8 Å². The minimum atomic E-state index is -0.437. The molecule has 0 fully saturated rings. The van der Waals surface area contributed by atoms with Gasteiger partial charge in [0.05, 0.1) is 6.10 Å². The fraction of sp³-hybridized carbons (Fsp3) is 0.571. The fourth-order valence-corrected chi connectivity index (χ4v) is 1.92. The molecule has 0 bridgehead atoms. The summed E-state index contributed by atoms with van der Waals surface area (Å²) in [5.41, 5.74) is 0.490. The highest BCUT2D eigenvalue weighted by Gasteiger charge is 2.13. The average Bonchev–Trinajstić information content (AvgIpc) is 2.25. The number of hydrogen-bond donors (Lipinski definition) is 3. The molecule has 0 aliphatic rings. The van der Waals surface area contributed by atoms with E-state index in [2.05, 4.69) is 5.32 Å². The van der Waals surface area contributed by atoms with Crippen molar-refractivity contribution in [3.63, 3.8) is 0 Å². The minimum Gasteiger partial charge on any atom is -0.508 e. The zero-order valence-corrected chi connectivity index (χ0v) is 11.2. The van der Waals surface area contributed by atoms with E-state index in [9.17, 15) is 9.50 Å². The lowest BCUT2D eigenvalue weighted by molar-refractivity contribution is 0.143.